The van der Waals surface area contributed by atoms with Crippen molar-refractivity contribution in [3.8, 4) is 0 Å². The van der Waals surface area contributed by atoms with Crippen molar-refractivity contribution < 1.29 is 9.32 Å². The van der Waals surface area contributed by atoms with Gasteiger partial charge in [-0.25, -0.2) is 0 Å². The molecule has 2 aliphatic rings. The highest BCUT2D eigenvalue weighted by Gasteiger charge is 2.27. The highest BCUT2D eigenvalue weighted by molar-refractivity contribution is 7.99. The summed E-state index contributed by atoms with van der Waals surface area (Å²) in [5, 5.41) is 4.11. The van der Waals surface area contributed by atoms with Crippen LogP contribution in [-0.4, -0.2) is 34.8 Å². The topological polar surface area (TPSA) is 46.3 Å². The molecular weight excluding hydrogens is 296 g/mol. The van der Waals surface area contributed by atoms with Crippen molar-refractivity contribution in [2.45, 2.75) is 63.2 Å². The van der Waals surface area contributed by atoms with Gasteiger partial charge in [-0.15, -0.1) is 11.8 Å². The van der Waals surface area contributed by atoms with Crippen molar-refractivity contribution in [2.75, 3.05) is 12.8 Å². The molecule has 2 saturated carbocycles. The zero-order valence-electron chi connectivity index (χ0n) is 13.6. The molecule has 3 rings (SSSR count). The largest absolute Gasteiger partial charge is 0.360 e. The van der Waals surface area contributed by atoms with Crippen molar-refractivity contribution in [2.24, 2.45) is 5.92 Å². The van der Waals surface area contributed by atoms with Crippen LogP contribution in [0.4, 0.5) is 0 Å². The molecule has 0 N–H and O–H groups in total. The summed E-state index contributed by atoms with van der Waals surface area (Å²) >= 11 is 1.63. The third-order valence-corrected chi connectivity index (χ3v) is 5.91. The standard InChI is InChI=1S/C17H26N2O2S/c1-12-3-7-14(8-4-12)19(2)17(20)11-22-10-15-9-16(18-21-15)13-5-6-13/h9,12-14H,3-8,10-11H2,1-2H3. The fraction of sp³-hybridized carbons (Fsp3) is 0.765. The molecule has 1 aromatic rings. The van der Waals surface area contributed by atoms with Crippen molar-refractivity contribution in [1.82, 2.24) is 10.1 Å². The molecule has 22 heavy (non-hydrogen) atoms. The number of nitrogens with zero attached hydrogens (tertiary/aromatic N) is 2. The quantitative estimate of drug-likeness (QED) is 0.799. The fourth-order valence-electron chi connectivity index (χ4n) is 3.14. The highest BCUT2D eigenvalue weighted by Crippen LogP contribution is 2.39. The van der Waals surface area contributed by atoms with Gasteiger partial charge in [0.25, 0.3) is 0 Å². The van der Waals surface area contributed by atoms with Crippen LogP contribution in [0, 0.1) is 5.92 Å². The van der Waals surface area contributed by atoms with Gasteiger partial charge in [-0.2, -0.15) is 0 Å². The maximum Gasteiger partial charge on any atom is 0.232 e. The second-order valence-corrected chi connectivity index (χ2v) is 7.89. The van der Waals surface area contributed by atoms with E-state index in [0.29, 0.717) is 17.7 Å². The number of carbonyl (C=O) groups excluding carboxylic acids is 1. The molecular formula is C17H26N2O2S. The number of carbonyl (C=O) groups is 1. The summed E-state index contributed by atoms with van der Waals surface area (Å²) in [6.07, 6.45) is 7.28. The van der Waals surface area contributed by atoms with Gasteiger partial charge in [0.2, 0.25) is 5.91 Å². The maximum atomic E-state index is 12.3. The summed E-state index contributed by atoms with van der Waals surface area (Å²) in [5.41, 5.74) is 1.09. The van der Waals surface area contributed by atoms with Crippen LogP contribution in [0.25, 0.3) is 0 Å². The Bertz CT molecular complexity index is 505. The first-order valence-electron chi connectivity index (χ1n) is 8.42. The molecule has 0 aromatic carbocycles. The summed E-state index contributed by atoms with van der Waals surface area (Å²) in [4.78, 5) is 14.3. The van der Waals surface area contributed by atoms with Crippen LogP contribution in [0.2, 0.25) is 0 Å². The first kappa shape index (κ1) is 15.9. The number of thioether (sulfide) groups is 1. The lowest BCUT2D eigenvalue weighted by atomic mass is 9.87. The third kappa shape index (κ3) is 4.06. The number of hydrogen-bond donors (Lipinski definition) is 0. The lowest BCUT2D eigenvalue weighted by molar-refractivity contribution is -0.129. The molecule has 122 valence electrons. The van der Waals surface area contributed by atoms with E-state index in [1.807, 2.05) is 11.9 Å². The molecule has 5 heteroatoms. The van der Waals surface area contributed by atoms with Crippen molar-refractivity contribution in [3.05, 3.63) is 17.5 Å². The first-order chi connectivity index (χ1) is 10.6. The van der Waals surface area contributed by atoms with Gasteiger partial charge in [-0.1, -0.05) is 12.1 Å². The molecule has 2 aliphatic carbocycles. The van der Waals surface area contributed by atoms with E-state index in [1.54, 1.807) is 11.8 Å². The summed E-state index contributed by atoms with van der Waals surface area (Å²) in [5.74, 6) is 3.86. The minimum Gasteiger partial charge on any atom is -0.360 e. The van der Waals surface area contributed by atoms with E-state index in [4.69, 9.17) is 4.52 Å². The zero-order chi connectivity index (χ0) is 15.5. The Labute approximate surface area is 137 Å². The van der Waals surface area contributed by atoms with Gasteiger partial charge in [0.1, 0.15) is 5.76 Å². The van der Waals surface area contributed by atoms with Crippen LogP contribution in [0.1, 0.15) is 62.8 Å². The number of amides is 1. The lowest BCUT2D eigenvalue weighted by Crippen LogP contribution is -2.40. The number of hydrogen-bond acceptors (Lipinski definition) is 4. The Kier molecular flexibility index (Phi) is 5.11. The molecule has 1 amide bonds. The minimum absolute atomic E-state index is 0.242. The smallest absolute Gasteiger partial charge is 0.232 e. The van der Waals surface area contributed by atoms with Crippen molar-refractivity contribution in [3.63, 3.8) is 0 Å². The summed E-state index contributed by atoms with van der Waals surface area (Å²) in [7, 11) is 1.96. The van der Waals surface area contributed by atoms with Crippen LogP contribution in [0.5, 0.6) is 0 Å². The molecule has 4 nitrogen and oxygen atoms in total. The molecule has 0 aliphatic heterocycles. The van der Waals surface area contributed by atoms with Gasteiger partial charge in [-0.05, 0) is 44.4 Å². The van der Waals surface area contributed by atoms with Gasteiger partial charge < -0.3 is 9.42 Å². The van der Waals surface area contributed by atoms with Crippen LogP contribution in [0.3, 0.4) is 0 Å². The summed E-state index contributed by atoms with van der Waals surface area (Å²) in [6.45, 7) is 2.31. The fourth-order valence-corrected chi connectivity index (χ4v) is 3.96. The number of aromatic nitrogens is 1. The molecule has 0 radical (unpaired) electrons. The molecule has 0 saturated heterocycles. The summed E-state index contributed by atoms with van der Waals surface area (Å²) < 4.78 is 5.34. The van der Waals surface area contributed by atoms with Crippen LogP contribution >= 0.6 is 11.8 Å². The van der Waals surface area contributed by atoms with E-state index in [9.17, 15) is 4.79 Å². The van der Waals surface area contributed by atoms with Crippen LogP contribution in [0.15, 0.2) is 10.6 Å². The Hall–Kier alpha value is -0.970. The predicted molar refractivity (Wildman–Crippen MR) is 88.8 cm³/mol. The maximum absolute atomic E-state index is 12.3. The average molecular weight is 322 g/mol. The van der Waals surface area contributed by atoms with Gasteiger partial charge >= 0.3 is 0 Å². The molecule has 0 atom stereocenters. The molecule has 0 spiro atoms. The van der Waals surface area contributed by atoms with E-state index in [2.05, 4.69) is 18.1 Å². The Balaban J connectivity index is 1.39. The van der Waals surface area contributed by atoms with E-state index >= 15 is 0 Å². The van der Waals surface area contributed by atoms with E-state index in [1.165, 1.54) is 25.7 Å². The second-order valence-electron chi connectivity index (χ2n) is 6.90. The Morgan fingerprint density at radius 1 is 1.32 bits per heavy atom. The normalized spacial score (nSPS) is 25.2. The zero-order valence-corrected chi connectivity index (χ0v) is 14.4. The first-order valence-corrected chi connectivity index (χ1v) is 9.58. The van der Waals surface area contributed by atoms with E-state index in [-0.39, 0.29) is 5.91 Å². The molecule has 0 unspecified atom stereocenters. The summed E-state index contributed by atoms with van der Waals surface area (Å²) in [6, 6.07) is 2.50. The average Bonchev–Trinajstić information content (AvgIpc) is 3.27. The monoisotopic (exact) mass is 322 g/mol. The predicted octanol–water partition coefficient (Wildman–Crippen LogP) is 3.82. The van der Waals surface area contributed by atoms with Crippen molar-refractivity contribution >= 4 is 17.7 Å². The molecule has 2 fully saturated rings. The van der Waals surface area contributed by atoms with Gasteiger partial charge in [0.05, 0.1) is 17.2 Å². The lowest BCUT2D eigenvalue weighted by Gasteiger charge is -2.33. The molecule has 1 heterocycles. The van der Waals surface area contributed by atoms with Crippen molar-refractivity contribution in [1.29, 1.82) is 0 Å². The van der Waals surface area contributed by atoms with Crippen LogP contribution in [-0.2, 0) is 10.5 Å². The molecule has 0 bridgehead atoms. The van der Waals surface area contributed by atoms with E-state index in [0.717, 1.165) is 36.0 Å². The van der Waals surface area contributed by atoms with Gasteiger partial charge in [-0.3, -0.25) is 4.79 Å². The second kappa shape index (κ2) is 7.07. The van der Waals surface area contributed by atoms with Gasteiger partial charge in [0, 0.05) is 25.1 Å². The Morgan fingerprint density at radius 3 is 2.73 bits per heavy atom. The minimum atomic E-state index is 0.242. The Morgan fingerprint density at radius 2 is 2.05 bits per heavy atom. The van der Waals surface area contributed by atoms with E-state index < -0.39 is 0 Å². The molecule has 1 aromatic heterocycles. The van der Waals surface area contributed by atoms with Crippen LogP contribution < -0.4 is 0 Å². The third-order valence-electron chi connectivity index (χ3n) is 4.97. The highest BCUT2D eigenvalue weighted by atomic mass is 32.2. The van der Waals surface area contributed by atoms with Gasteiger partial charge in [0.15, 0.2) is 0 Å². The SMILES string of the molecule is CC1CCC(N(C)C(=O)CSCc2cc(C3CC3)no2)CC1. The number of rotatable bonds is 6.